The molecular formula is C25H29N5O3. The van der Waals surface area contributed by atoms with Crippen LogP contribution in [0.15, 0.2) is 52.9 Å². The van der Waals surface area contributed by atoms with Crippen LogP contribution in [0, 0.1) is 6.92 Å². The zero-order valence-corrected chi connectivity index (χ0v) is 19.1. The first-order valence-corrected chi connectivity index (χ1v) is 11.3. The van der Waals surface area contributed by atoms with E-state index in [4.69, 9.17) is 4.42 Å². The third-order valence-electron chi connectivity index (χ3n) is 5.78. The molecule has 4 rings (SSSR count). The van der Waals surface area contributed by atoms with Crippen molar-refractivity contribution >= 4 is 11.8 Å². The van der Waals surface area contributed by atoms with E-state index in [0.717, 1.165) is 23.1 Å². The number of benzene rings is 2. The Bertz CT molecular complexity index is 1100. The van der Waals surface area contributed by atoms with E-state index in [0.29, 0.717) is 56.6 Å². The second-order valence-electron chi connectivity index (χ2n) is 8.22. The molecule has 33 heavy (non-hydrogen) atoms. The number of nitrogens with zero attached hydrogens (tertiary/aromatic N) is 4. The summed E-state index contributed by atoms with van der Waals surface area (Å²) in [4.78, 5) is 28.7. The number of piperazine rings is 1. The third-order valence-corrected chi connectivity index (χ3v) is 5.78. The van der Waals surface area contributed by atoms with Crippen LogP contribution in [0.1, 0.15) is 29.3 Å². The first-order chi connectivity index (χ1) is 16.0. The molecule has 2 heterocycles. The van der Waals surface area contributed by atoms with Gasteiger partial charge in [0.2, 0.25) is 17.7 Å². The van der Waals surface area contributed by atoms with Crippen LogP contribution in [0.2, 0.25) is 0 Å². The van der Waals surface area contributed by atoms with Crippen LogP contribution in [-0.2, 0) is 4.79 Å². The summed E-state index contributed by atoms with van der Waals surface area (Å²) in [5, 5.41) is 11.2. The van der Waals surface area contributed by atoms with Gasteiger partial charge >= 0.3 is 0 Å². The molecular weight excluding hydrogens is 418 g/mol. The Balaban J connectivity index is 1.35. The molecule has 0 unspecified atom stereocenters. The van der Waals surface area contributed by atoms with Crippen LogP contribution < -0.4 is 5.32 Å². The van der Waals surface area contributed by atoms with Gasteiger partial charge in [-0.05, 0) is 49.2 Å². The number of rotatable bonds is 7. The largest absolute Gasteiger partial charge is 0.416 e. The van der Waals surface area contributed by atoms with Gasteiger partial charge in [0.25, 0.3) is 5.91 Å². The minimum atomic E-state index is -0.0113. The van der Waals surface area contributed by atoms with Gasteiger partial charge in [-0.25, -0.2) is 0 Å². The van der Waals surface area contributed by atoms with Crippen molar-refractivity contribution in [3.63, 3.8) is 0 Å². The third kappa shape index (κ3) is 5.46. The van der Waals surface area contributed by atoms with Gasteiger partial charge in [-0.2, -0.15) is 0 Å². The summed E-state index contributed by atoms with van der Waals surface area (Å²) >= 11 is 0. The highest BCUT2D eigenvalue weighted by Gasteiger charge is 2.23. The van der Waals surface area contributed by atoms with Crippen molar-refractivity contribution in [3.05, 3.63) is 59.7 Å². The molecule has 0 saturated carbocycles. The fourth-order valence-electron chi connectivity index (χ4n) is 3.83. The highest BCUT2D eigenvalue weighted by Crippen LogP contribution is 2.26. The topological polar surface area (TPSA) is 91.6 Å². The SMILES string of the molecule is CCCNC(=O)CN1CCN(C(=O)c2ccc(-c3nnc(-c4ccccc4C)o3)cc2)CC1. The molecule has 1 saturated heterocycles. The zero-order chi connectivity index (χ0) is 23.2. The van der Waals surface area contributed by atoms with Crippen LogP contribution in [0.5, 0.6) is 0 Å². The Hall–Kier alpha value is -3.52. The van der Waals surface area contributed by atoms with E-state index in [2.05, 4.69) is 20.4 Å². The van der Waals surface area contributed by atoms with Crippen molar-refractivity contribution in [2.45, 2.75) is 20.3 Å². The average molecular weight is 448 g/mol. The minimum absolute atomic E-state index is 0.0113. The predicted molar refractivity (Wildman–Crippen MR) is 126 cm³/mol. The summed E-state index contributed by atoms with van der Waals surface area (Å²) < 4.78 is 5.87. The molecule has 0 bridgehead atoms. The van der Waals surface area contributed by atoms with E-state index >= 15 is 0 Å². The normalized spacial score (nSPS) is 14.3. The van der Waals surface area contributed by atoms with Gasteiger partial charge in [0.1, 0.15) is 0 Å². The predicted octanol–water partition coefficient (Wildman–Crippen LogP) is 3.00. The van der Waals surface area contributed by atoms with Gasteiger partial charge in [-0.3, -0.25) is 14.5 Å². The number of carbonyl (C=O) groups is 2. The fraction of sp³-hybridized carbons (Fsp3) is 0.360. The molecule has 0 aliphatic carbocycles. The molecule has 8 nitrogen and oxygen atoms in total. The summed E-state index contributed by atoms with van der Waals surface area (Å²) in [6.45, 7) is 7.69. The summed E-state index contributed by atoms with van der Waals surface area (Å²) in [7, 11) is 0. The second kappa shape index (κ2) is 10.4. The lowest BCUT2D eigenvalue weighted by atomic mass is 10.1. The molecule has 1 N–H and O–H groups in total. The molecule has 2 aromatic carbocycles. The lowest BCUT2D eigenvalue weighted by Crippen LogP contribution is -2.51. The number of hydrogen-bond donors (Lipinski definition) is 1. The molecule has 172 valence electrons. The van der Waals surface area contributed by atoms with Gasteiger partial charge in [-0.15, -0.1) is 10.2 Å². The molecule has 3 aromatic rings. The average Bonchev–Trinajstić information content (AvgIpc) is 3.33. The Kier molecular flexibility index (Phi) is 7.14. The highest BCUT2D eigenvalue weighted by molar-refractivity contribution is 5.94. The number of aromatic nitrogens is 2. The number of carbonyl (C=O) groups excluding carboxylic acids is 2. The smallest absolute Gasteiger partial charge is 0.253 e. The number of nitrogens with one attached hydrogen (secondary N) is 1. The Labute approximate surface area is 193 Å². The Morgan fingerprint density at radius 3 is 2.36 bits per heavy atom. The van der Waals surface area contributed by atoms with Gasteiger partial charge in [0, 0.05) is 49.4 Å². The van der Waals surface area contributed by atoms with Crippen molar-refractivity contribution in [3.8, 4) is 22.9 Å². The first kappa shape index (κ1) is 22.7. The molecule has 0 radical (unpaired) electrons. The molecule has 0 atom stereocenters. The maximum Gasteiger partial charge on any atom is 0.253 e. The lowest BCUT2D eigenvalue weighted by Gasteiger charge is -2.34. The van der Waals surface area contributed by atoms with Crippen LogP contribution in [-0.4, -0.2) is 71.1 Å². The van der Waals surface area contributed by atoms with Crippen molar-refractivity contribution in [1.29, 1.82) is 0 Å². The van der Waals surface area contributed by atoms with E-state index in [1.165, 1.54) is 0 Å². The molecule has 1 aliphatic heterocycles. The Morgan fingerprint density at radius 1 is 0.970 bits per heavy atom. The van der Waals surface area contributed by atoms with Crippen molar-refractivity contribution in [2.75, 3.05) is 39.3 Å². The van der Waals surface area contributed by atoms with Crippen LogP contribution in [0.3, 0.4) is 0 Å². The molecule has 1 fully saturated rings. The first-order valence-electron chi connectivity index (χ1n) is 11.3. The number of hydrogen-bond acceptors (Lipinski definition) is 6. The quantitative estimate of drug-likeness (QED) is 0.599. The zero-order valence-electron chi connectivity index (χ0n) is 19.1. The minimum Gasteiger partial charge on any atom is -0.416 e. The van der Waals surface area contributed by atoms with Gasteiger partial charge in [-0.1, -0.05) is 25.1 Å². The van der Waals surface area contributed by atoms with E-state index in [1.54, 1.807) is 12.1 Å². The molecule has 0 spiro atoms. The molecule has 1 aromatic heterocycles. The van der Waals surface area contributed by atoms with E-state index in [9.17, 15) is 9.59 Å². The standard InChI is InChI=1S/C25H29N5O3/c1-3-12-26-22(31)17-29-13-15-30(16-14-29)25(32)20-10-8-19(9-11-20)23-27-28-24(33-23)21-7-5-4-6-18(21)2/h4-11H,3,12-17H2,1-2H3,(H,26,31). The van der Waals surface area contributed by atoms with Crippen LogP contribution >= 0.6 is 0 Å². The van der Waals surface area contributed by atoms with Crippen molar-refractivity contribution < 1.29 is 14.0 Å². The van der Waals surface area contributed by atoms with Gasteiger partial charge in [0.05, 0.1) is 6.54 Å². The highest BCUT2D eigenvalue weighted by atomic mass is 16.4. The van der Waals surface area contributed by atoms with Gasteiger partial charge in [0.15, 0.2) is 0 Å². The number of aryl methyl sites for hydroxylation is 1. The number of amides is 2. The van der Waals surface area contributed by atoms with Crippen LogP contribution in [0.25, 0.3) is 22.9 Å². The molecule has 1 aliphatic rings. The molecule has 8 heteroatoms. The monoisotopic (exact) mass is 447 g/mol. The van der Waals surface area contributed by atoms with E-state index < -0.39 is 0 Å². The summed E-state index contributed by atoms with van der Waals surface area (Å²) in [5.41, 5.74) is 3.36. The maximum atomic E-state index is 12.9. The van der Waals surface area contributed by atoms with E-state index in [-0.39, 0.29) is 11.8 Å². The second-order valence-corrected chi connectivity index (χ2v) is 8.22. The van der Waals surface area contributed by atoms with Crippen molar-refractivity contribution in [1.82, 2.24) is 25.3 Å². The van der Waals surface area contributed by atoms with Gasteiger partial charge < -0.3 is 14.6 Å². The summed E-state index contributed by atoms with van der Waals surface area (Å²) in [5.74, 6) is 0.924. The van der Waals surface area contributed by atoms with Crippen molar-refractivity contribution in [2.24, 2.45) is 0 Å². The summed E-state index contributed by atoms with van der Waals surface area (Å²) in [6.07, 6.45) is 0.924. The fourth-order valence-corrected chi connectivity index (χ4v) is 3.83. The molecule has 2 amide bonds. The maximum absolute atomic E-state index is 12.9. The van der Waals surface area contributed by atoms with Crippen LogP contribution in [0.4, 0.5) is 0 Å². The Morgan fingerprint density at radius 2 is 1.67 bits per heavy atom. The lowest BCUT2D eigenvalue weighted by molar-refractivity contribution is -0.122. The summed E-state index contributed by atoms with van der Waals surface area (Å²) in [6, 6.07) is 15.1. The van der Waals surface area contributed by atoms with E-state index in [1.807, 2.05) is 55.1 Å².